The molecule has 1 amide bonds. The smallest absolute Gasteiger partial charge is 0.224 e. The Bertz CT molecular complexity index is 389. The van der Waals surface area contributed by atoms with Crippen molar-refractivity contribution >= 4 is 21.8 Å². The molecule has 0 aliphatic heterocycles. The second-order valence-corrected chi connectivity index (χ2v) is 5.98. The summed E-state index contributed by atoms with van der Waals surface area (Å²) < 4.78 is 12.7. The maximum absolute atomic E-state index is 12.7. The molecule has 0 aliphatic rings. The predicted molar refractivity (Wildman–Crippen MR) is 75.3 cm³/mol. The van der Waals surface area contributed by atoms with Gasteiger partial charge in [-0.2, -0.15) is 0 Å². The number of benzene rings is 1. The van der Waals surface area contributed by atoms with Gasteiger partial charge in [-0.3, -0.25) is 4.79 Å². The van der Waals surface area contributed by atoms with Crippen molar-refractivity contribution in [3.05, 3.63) is 35.6 Å². The summed E-state index contributed by atoms with van der Waals surface area (Å²) in [7, 11) is 0. The van der Waals surface area contributed by atoms with E-state index in [4.69, 9.17) is 0 Å². The molecule has 1 aromatic rings. The first kappa shape index (κ1) is 15.2. The van der Waals surface area contributed by atoms with Gasteiger partial charge in [0.25, 0.3) is 0 Å². The monoisotopic (exact) mass is 315 g/mol. The lowest BCUT2D eigenvalue weighted by Crippen LogP contribution is -2.35. The van der Waals surface area contributed by atoms with Gasteiger partial charge in [-0.15, -0.1) is 0 Å². The van der Waals surface area contributed by atoms with Gasteiger partial charge in [-0.1, -0.05) is 41.9 Å². The van der Waals surface area contributed by atoms with Crippen LogP contribution in [0.15, 0.2) is 24.3 Å². The quantitative estimate of drug-likeness (QED) is 0.802. The molecule has 0 bridgehead atoms. The molecule has 1 N–H and O–H groups in total. The number of hydrogen-bond donors (Lipinski definition) is 1. The molecule has 0 fully saturated rings. The van der Waals surface area contributed by atoms with Crippen LogP contribution >= 0.6 is 15.9 Å². The van der Waals surface area contributed by atoms with Crippen LogP contribution in [-0.4, -0.2) is 17.8 Å². The Morgan fingerprint density at radius 1 is 1.33 bits per heavy atom. The molecule has 2 nitrogen and oxygen atoms in total. The lowest BCUT2D eigenvalue weighted by atomic mass is 9.90. The van der Waals surface area contributed by atoms with E-state index in [1.807, 2.05) is 0 Å². The summed E-state index contributed by atoms with van der Waals surface area (Å²) in [6.45, 7) is 4.89. The fourth-order valence-corrected chi connectivity index (χ4v) is 2.61. The van der Waals surface area contributed by atoms with E-state index in [1.54, 1.807) is 12.1 Å². The third kappa shape index (κ3) is 5.63. The number of carbonyl (C=O) groups is 1. The fourth-order valence-electron chi connectivity index (χ4n) is 1.53. The second kappa shape index (κ2) is 6.88. The van der Waals surface area contributed by atoms with Crippen molar-refractivity contribution in [2.75, 3.05) is 11.9 Å². The largest absolute Gasteiger partial charge is 0.355 e. The molecular weight excluding hydrogens is 297 g/mol. The summed E-state index contributed by atoms with van der Waals surface area (Å²) in [5.74, 6) is -0.304. The first-order valence-corrected chi connectivity index (χ1v) is 7.12. The van der Waals surface area contributed by atoms with Gasteiger partial charge in [-0.25, -0.2) is 4.39 Å². The number of carbonyl (C=O) groups excluding carboxylic acids is 1. The zero-order valence-corrected chi connectivity index (χ0v) is 12.4. The summed E-state index contributed by atoms with van der Waals surface area (Å²) in [6.07, 6.45) is 1.30. The third-order valence-electron chi connectivity index (χ3n) is 2.81. The van der Waals surface area contributed by atoms with Crippen LogP contribution in [0.2, 0.25) is 0 Å². The fraction of sp³-hybridized carbons (Fsp3) is 0.500. The molecule has 0 atom stereocenters. The normalized spacial score (nSPS) is 11.3. The first-order chi connectivity index (χ1) is 8.43. The SMILES string of the molecule is CC(C)(CCBr)CNC(=O)Cc1ccc(F)cc1. The Morgan fingerprint density at radius 3 is 2.50 bits per heavy atom. The van der Waals surface area contributed by atoms with Gasteiger partial charge < -0.3 is 5.32 Å². The van der Waals surface area contributed by atoms with Crippen molar-refractivity contribution in [2.45, 2.75) is 26.7 Å². The molecule has 0 spiro atoms. The highest BCUT2D eigenvalue weighted by Crippen LogP contribution is 2.19. The topological polar surface area (TPSA) is 29.1 Å². The van der Waals surface area contributed by atoms with E-state index in [-0.39, 0.29) is 17.1 Å². The minimum atomic E-state index is -0.280. The van der Waals surface area contributed by atoms with Crippen LogP contribution in [0.3, 0.4) is 0 Å². The highest BCUT2D eigenvalue weighted by atomic mass is 79.9. The van der Waals surface area contributed by atoms with Crippen molar-refractivity contribution in [2.24, 2.45) is 5.41 Å². The maximum atomic E-state index is 12.7. The van der Waals surface area contributed by atoms with Crippen LogP contribution in [-0.2, 0) is 11.2 Å². The lowest BCUT2D eigenvalue weighted by Gasteiger charge is -2.23. The zero-order valence-electron chi connectivity index (χ0n) is 10.8. The van der Waals surface area contributed by atoms with Crippen molar-refractivity contribution in [3.63, 3.8) is 0 Å². The van der Waals surface area contributed by atoms with E-state index in [0.29, 0.717) is 13.0 Å². The summed E-state index contributed by atoms with van der Waals surface area (Å²) in [5.41, 5.74) is 0.911. The molecule has 1 rings (SSSR count). The van der Waals surface area contributed by atoms with Crippen LogP contribution < -0.4 is 5.32 Å². The molecule has 0 aliphatic carbocycles. The molecule has 0 saturated carbocycles. The van der Waals surface area contributed by atoms with E-state index in [0.717, 1.165) is 17.3 Å². The van der Waals surface area contributed by atoms with Gasteiger partial charge >= 0.3 is 0 Å². The molecule has 1 aromatic carbocycles. The summed E-state index contributed by atoms with van der Waals surface area (Å²) in [6, 6.07) is 6.02. The van der Waals surface area contributed by atoms with Crippen LogP contribution in [0.1, 0.15) is 25.8 Å². The van der Waals surface area contributed by atoms with Crippen molar-refractivity contribution < 1.29 is 9.18 Å². The van der Waals surface area contributed by atoms with E-state index < -0.39 is 0 Å². The molecule has 100 valence electrons. The second-order valence-electron chi connectivity index (χ2n) is 5.18. The van der Waals surface area contributed by atoms with Crippen molar-refractivity contribution in [3.8, 4) is 0 Å². The number of hydrogen-bond acceptors (Lipinski definition) is 1. The predicted octanol–water partition coefficient (Wildman–Crippen LogP) is 3.30. The van der Waals surface area contributed by atoms with Gasteiger partial charge in [0.2, 0.25) is 5.91 Å². The van der Waals surface area contributed by atoms with E-state index in [1.165, 1.54) is 12.1 Å². The molecule has 0 radical (unpaired) electrons. The van der Waals surface area contributed by atoms with Crippen molar-refractivity contribution in [1.29, 1.82) is 0 Å². The molecule has 0 saturated heterocycles. The number of alkyl halides is 1. The Morgan fingerprint density at radius 2 is 1.94 bits per heavy atom. The molecule has 0 unspecified atom stereocenters. The number of rotatable bonds is 6. The highest BCUT2D eigenvalue weighted by molar-refractivity contribution is 9.09. The Balaban J connectivity index is 2.40. The highest BCUT2D eigenvalue weighted by Gasteiger charge is 2.17. The molecule has 18 heavy (non-hydrogen) atoms. The maximum Gasteiger partial charge on any atom is 0.224 e. The molecule has 0 aromatic heterocycles. The Hall–Kier alpha value is -0.900. The summed E-state index contributed by atoms with van der Waals surface area (Å²) >= 11 is 3.40. The van der Waals surface area contributed by atoms with Gasteiger partial charge in [0, 0.05) is 11.9 Å². The van der Waals surface area contributed by atoms with Crippen LogP contribution in [0, 0.1) is 11.2 Å². The standard InChI is InChI=1S/C14H19BrFNO/c1-14(2,7-8-15)10-17-13(18)9-11-3-5-12(16)6-4-11/h3-6H,7-10H2,1-2H3,(H,17,18). The average Bonchev–Trinajstić information content (AvgIpc) is 2.30. The number of nitrogens with one attached hydrogen (secondary N) is 1. The minimum absolute atomic E-state index is 0.0238. The first-order valence-electron chi connectivity index (χ1n) is 6.00. The van der Waals surface area contributed by atoms with Crippen LogP contribution in [0.25, 0.3) is 0 Å². The summed E-state index contributed by atoms with van der Waals surface area (Å²) in [4.78, 5) is 11.7. The zero-order chi connectivity index (χ0) is 13.6. The average molecular weight is 316 g/mol. The summed E-state index contributed by atoms with van der Waals surface area (Å²) in [5, 5.41) is 3.84. The molecular formula is C14H19BrFNO. The van der Waals surface area contributed by atoms with E-state index in [9.17, 15) is 9.18 Å². The van der Waals surface area contributed by atoms with Crippen molar-refractivity contribution in [1.82, 2.24) is 5.32 Å². The third-order valence-corrected chi connectivity index (χ3v) is 3.21. The number of amides is 1. The Kier molecular flexibility index (Phi) is 5.79. The van der Waals surface area contributed by atoms with Gasteiger partial charge in [-0.05, 0) is 29.5 Å². The van der Waals surface area contributed by atoms with Gasteiger partial charge in [0.15, 0.2) is 0 Å². The molecule has 4 heteroatoms. The van der Waals surface area contributed by atoms with Gasteiger partial charge in [0.05, 0.1) is 6.42 Å². The molecule has 0 heterocycles. The van der Waals surface area contributed by atoms with Gasteiger partial charge in [0.1, 0.15) is 5.82 Å². The lowest BCUT2D eigenvalue weighted by molar-refractivity contribution is -0.120. The van der Waals surface area contributed by atoms with E-state index >= 15 is 0 Å². The number of halogens is 2. The van der Waals surface area contributed by atoms with Crippen LogP contribution in [0.4, 0.5) is 4.39 Å². The minimum Gasteiger partial charge on any atom is -0.355 e. The van der Waals surface area contributed by atoms with Crippen LogP contribution in [0.5, 0.6) is 0 Å². The Labute approximate surface area is 116 Å². The van der Waals surface area contributed by atoms with E-state index in [2.05, 4.69) is 35.1 Å².